The van der Waals surface area contributed by atoms with Gasteiger partial charge in [0.15, 0.2) is 0 Å². The van der Waals surface area contributed by atoms with E-state index in [0.29, 0.717) is 12.8 Å². The molecule has 3 saturated heterocycles. The van der Waals surface area contributed by atoms with Gasteiger partial charge in [0.05, 0.1) is 18.9 Å². The van der Waals surface area contributed by atoms with E-state index in [9.17, 15) is 21.6 Å². The average molecular weight is 433 g/mol. The number of hydrogen-bond acceptors (Lipinski definition) is 5. The zero-order valence-corrected chi connectivity index (χ0v) is 17.3. The fourth-order valence-electron chi connectivity index (χ4n) is 4.73. The maximum absolute atomic E-state index is 13.3. The summed E-state index contributed by atoms with van der Waals surface area (Å²) in [7, 11) is -3.90. The molecule has 4 rings (SSSR count). The Morgan fingerprint density at radius 1 is 1.24 bits per heavy atom. The summed E-state index contributed by atoms with van der Waals surface area (Å²) in [6, 6.07) is 1.76. The van der Waals surface area contributed by atoms with Gasteiger partial charge in [0.1, 0.15) is 10.6 Å². The van der Waals surface area contributed by atoms with Gasteiger partial charge in [-0.3, -0.25) is 0 Å². The van der Waals surface area contributed by atoms with Crippen molar-refractivity contribution in [3.8, 4) is 0 Å². The van der Waals surface area contributed by atoms with E-state index in [1.807, 2.05) is 0 Å². The van der Waals surface area contributed by atoms with Crippen molar-refractivity contribution in [2.24, 2.45) is 5.41 Å². The number of nitrogens with one attached hydrogen (secondary N) is 1. The minimum Gasteiger partial charge on any atom is -0.380 e. The highest BCUT2D eigenvalue weighted by atomic mass is 32.2. The fourth-order valence-corrected chi connectivity index (χ4v) is 6.78. The predicted molar refractivity (Wildman–Crippen MR) is 99.8 cm³/mol. The molecule has 0 saturated carbocycles. The maximum atomic E-state index is 13.3. The first-order valence-electron chi connectivity index (χ1n) is 9.89. The third kappa shape index (κ3) is 3.92. The van der Waals surface area contributed by atoms with Crippen LogP contribution in [0, 0.1) is 12.3 Å². The predicted octanol–water partition coefficient (Wildman–Crippen LogP) is 2.72. The topological polar surface area (TPSA) is 71.5 Å². The maximum Gasteiger partial charge on any atom is 0.433 e. The van der Waals surface area contributed by atoms with E-state index in [-0.39, 0.29) is 34.1 Å². The highest BCUT2D eigenvalue weighted by Crippen LogP contribution is 2.41. The molecule has 162 valence electrons. The molecule has 1 aromatic rings. The Morgan fingerprint density at radius 2 is 1.86 bits per heavy atom. The molecule has 10 heteroatoms. The number of rotatable bonds is 5. The zero-order valence-electron chi connectivity index (χ0n) is 16.5. The Balaban J connectivity index is 1.50. The van der Waals surface area contributed by atoms with E-state index >= 15 is 0 Å². The number of piperidine rings is 1. The molecule has 3 aliphatic heterocycles. The molecule has 0 aromatic carbocycles. The molecule has 0 amide bonds. The van der Waals surface area contributed by atoms with Crippen molar-refractivity contribution in [3.63, 3.8) is 0 Å². The molecule has 3 fully saturated rings. The second kappa shape index (κ2) is 7.18. The van der Waals surface area contributed by atoms with E-state index in [2.05, 4.69) is 17.2 Å². The Hall–Kier alpha value is -1.23. The third-order valence-electron chi connectivity index (χ3n) is 6.27. The van der Waals surface area contributed by atoms with E-state index in [4.69, 9.17) is 4.74 Å². The van der Waals surface area contributed by atoms with Crippen LogP contribution in [0.4, 0.5) is 13.2 Å². The number of pyridine rings is 1. The molecule has 0 unspecified atom stereocenters. The van der Waals surface area contributed by atoms with Crippen molar-refractivity contribution < 1.29 is 26.3 Å². The van der Waals surface area contributed by atoms with Crippen LogP contribution >= 0.6 is 0 Å². The number of alkyl halides is 3. The summed E-state index contributed by atoms with van der Waals surface area (Å²) >= 11 is 0. The Labute approximate surface area is 168 Å². The molecule has 0 spiro atoms. The number of fused-ring (bicyclic) bond motifs is 2. The summed E-state index contributed by atoms with van der Waals surface area (Å²) < 4.78 is 72.0. The molecule has 3 aliphatic rings. The summed E-state index contributed by atoms with van der Waals surface area (Å²) in [5.41, 5.74) is -1.05. The molecule has 1 N–H and O–H groups in total. The Kier molecular flexibility index (Phi) is 5.20. The quantitative estimate of drug-likeness (QED) is 0.773. The standard InChI is InChI=1S/C19H26F3N3O3S/c1-12-16(5-6-17(24-12)19(20,21)22)29(26,27)25-14-3-4-15(25)8-13(7-14)23-9-18(2)10-28-11-18/h5-6,13-15,23H,3-4,7-11H2,1-2H3/t13-,14-,15+. The molecule has 0 aliphatic carbocycles. The van der Waals surface area contributed by atoms with Crippen LogP contribution in [0.15, 0.2) is 17.0 Å². The second-order valence-corrected chi connectivity index (χ2v) is 10.7. The Bertz CT molecular complexity index is 872. The SMILES string of the molecule is Cc1nc(C(F)(F)F)ccc1S(=O)(=O)N1[C@@H]2CC[C@H]1C[C@H](NCC1(C)COC1)C2. The van der Waals surface area contributed by atoms with Gasteiger partial charge in [0, 0.05) is 30.1 Å². The van der Waals surface area contributed by atoms with E-state index in [1.54, 1.807) is 0 Å². The molecule has 4 heterocycles. The summed E-state index contributed by atoms with van der Waals surface area (Å²) in [6.45, 7) is 5.80. The molecular weight excluding hydrogens is 407 g/mol. The van der Waals surface area contributed by atoms with Crippen molar-refractivity contribution in [1.29, 1.82) is 0 Å². The first kappa shape index (κ1) is 21.0. The smallest absolute Gasteiger partial charge is 0.380 e. The van der Waals surface area contributed by atoms with Crippen molar-refractivity contribution in [2.75, 3.05) is 19.8 Å². The van der Waals surface area contributed by atoms with Crippen molar-refractivity contribution in [2.45, 2.75) is 68.7 Å². The molecule has 3 atom stereocenters. The van der Waals surface area contributed by atoms with Crippen LogP contribution in [0.5, 0.6) is 0 Å². The minimum absolute atomic E-state index is 0.114. The van der Waals surface area contributed by atoms with E-state index in [0.717, 1.165) is 44.7 Å². The van der Waals surface area contributed by atoms with Crippen molar-refractivity contribution >= 4 is 10.0 Å². The lowest BCUT2D eigenvalue weighted by molar-refractivity contribution is -0.141. The van der Waals surface area contributed by atoms with E-state index in [1.165, 1.54) is 11.2 Å². The highest BCUT2D eigenvalue weighted by Gasteiger charge is 2.48. The number of halogens is 3. The lowest BCUT2D eigenvalue weighted by Crippen LogP contribution is -2.55. The molecule has 2 bridgehead atoms. The van der Waals surface area contributed by atoms with E-state index < -0.39 is 21.9 Å². The Morgan fingerprint density at radius 3 is 2.34 bits per heavy atom. The van der Waals surface area contributed by atoms with Crippen LogP contribution in [0.1, 0.15) is 44.0 Å². The molecule has 0 radical (unpaired) electrons. The van der Waals surface area contributed by atoms with Gasteiger partial charge in [-0.05, 0) is 44.7 Å². The van der Waals surface area contributed by atoms with Gasteiger partial charge in [0.25, 0.3) is 0 Å². The number of aryl methyl sites for hydroxylation is 1. The number of nitrogens with zero attached hydrogens (tertiary/aromatic N) is 2. The van der Waals surface area contributed by atoms with Gasteiger partial charge in [-0.2, -0.15) is 17.5 Å². The second-order valence-electron chi connectivity index (χ2n) is 8.85. The zero-order chi connectivity index (χ0) is 21.0. The highest BCUT2D eigenvalue weighted by molar-refractivity contribution is 7.89. The number of ether oxygens (including phenoxy) is 1. The first-order valence-corrected chi connectivity index (χ1v) is 11.3. The van der Waals surface area contributed by atoms with Gasteiger partial charge in [-0.1, -0.05) is 6.92 Å². The lowest BCUT2D eigenvalue weighted by atomic mass is 9.87. The third-order valence-corrected chi connectivity index (χ3v) is 8.41. The monoisotopic (exact) mass is 433 g/mol. The number of hydrogen-bond donors (Lipinski definition) is 1. The van der Waals surface area contributed by atoms with Gasteiger partial charge in [0.2, 0.25) is 10.0 Å². The summed E-state index contributed by atoms with van der Waals surface area (Å²) in [6.07, 6.45) is -1.64. The van der Waals surface area contributed by atoms with Gasteiger partial charge < -0.3 is 10.1 Å². The number of sulfonamides is 1. The summed E-state index contributed by atoms with van der Waals surface area (Å²) in [4.78, 5) is 3.38. The van der Waals surface area contributed by atoms with Crippen LogP contribution in [-0.2, 0) is 20.9 Å². The number of aromatic nitrogens is 1. The average Bonchev–Trinajstić information content (AvgIpc) is 2.89. The summed E-state index contributed by atoms with van der Waals surface area (Å²) in [5, 5.41) is 3.57. The molecule has 1 aromatic heterocycles. The summed E-state index contributed by atoms with van der Waals surface area (Å²) in [5.74, 6) is 0. The largest absolute Gasteiger partial charge is 0.433 e. The minimum atomic E-state index is -4.60. The van der Waals surface area contributed by atoms with Gasteiger partial charge in [-0.15, -0.1) is 0 Å². The van der Waals surface area contributed by atoms with Crippen molar-refractivity contribution in [3.05, 3.63) is 23.5 Å². The molecule has 6 nitrogen and oxygen atoms in total. The normalized spacial score (nSPS) is 29.6. The van der Waals surface area contributed by atoms with Crippen LogP contribution < -0.4 is 5.32 Å². The van der Waals surface area contributed by atoms with Crippen molar-refractivity contribution in [1.82, 2.24) is 14.6 Å². The van der Waals surface area contributed by atoms with Gasteiger partial charge in [-0.25, -0.2) is 13.4 Å². The van der Waals surface area contributed by atoms with Crippen LogP contribution in [-0.4, -0.2) is 55.6 Å². The van der Waals surface area contributed by atoms with Crippen LogP contribution in [0.25, 0.3) is 0 Å². The lowest BCUT2D eigenvalue weighted by Gasteiger charge is -2.42. The van der Waals surface area contributed by atoms with Crippen LogP contribution in [0.3, 0.4) is 0 Å². The van der Waals surface area contributed by atoms with Crippen LogP contribution in [0.2, 0.25) is 0 Å². The fraction of sp³-hybridized carbons (Fsp3) is 0.737. The molecular formula is C19H26F3N3O3S. The molecule has 29 heavy (non-hydrogen) atoms. The first-order chi connectivity index (χ1) is 13.5. The van der Waals surface area contributed by atoms with Gasteiger partial charge >= 0.3 is 6.18 Å².